The maximum absolute atomic E-state index is 12.5. The predicted octanol–water partition coefficient (Wildman–Crippen LogP) is 4.29. The summed E-state index contributed by atoms with van der Waals surface area (Å²) in [7, 11) is 1.56. The number of ether oxygens (including phenoxy) is 1. The van der Waals surface area contributed by atoms with Crippen LogP contribution < -0.4 is 10.1 Å². The van der Waals surface area contributed by atoms with Gasteiger partial charge in [0.05, 0.1) is 18.2 Å². The van der Waals surface area contributed by atoms with Crippen LogP contribution >= 0.6 is 11.6 Å². The summed E-state index contributed by atoms with van der Waals surface area (Å²) in [5, 5.41) is 12.4. The third-order valence-corrected chi connectivity index (χ3v) is 4.20. The minimum atomic E-state index is -0.907. The Hall–Kier alpha value is -2.51. The molecule has 130 valence electrons. The second kappa shape index (κ2) is 8.04. The average molecular weight is 357 g/mol. The number of hydrogen-bond donors (Lipinski definition) is 1. The quantitative estimate of drug-likeness (QED) is 0.839. The van der Waals surface area contributed by atoms with Crippen LogP contribution in [0.5, 0.6) is 5.75 Å². The van der Waals surface area contributed by atoms with Gasteiger partial charge in [0.2, 0.25) is 5.91 Å². The zero-order valence-electron chi connectivity index (χ0n) is 14.5. The molecule has 0 aromatic heterocycles. The van der Waals surface area contributed by atoms with Crippen molar-refractivity contribution in [1.82, 2.24) is 5.32 Å². The molecule has 0 aliphatic heterocycles. The van der Waals surface area contributed by atoms with E-state index in [9.17, 15) is 4.79 Å². The molecule has 0 fully saturated rings. The van der Waals surface area contributed by atoms with Gasteiger partial charge < -0.3 is 10.1 Å². The molecule has 25 heavy (non-hydrogen) atoms. The van der Waals surface area contributed by atoms with Crippen molar-refractivity contribution in [3.05, 3.63) is 64.7 Å². The van der Waals surface area contributed by atoms with Crippen LogP contribution in [-0.4, -0.2) is 18.6 Å². The topological polar surface area (TPSA) is 62.1 Å². The fourth-order valence-electron chi connectivity index (χ4n) is 2.63. The van der Waals surface area contributed by atoms with E-state index in [-0.39, 0.29) is 18.2 Å². The number of rotatable bonds is 6. The van der Waals surface area contributed by atoms with Gasteiger partial charge in [0.25, 0.3) is 0 Å². The molecular formula is C20H21ClN2O2. The molecule has 0 saturated heterocycles. The summed E-state index contributed by atoms with van der Waals surface area (Å²) in [6.07, 6.45) is 0.220. The summed E-state index contributed by atoms with van der Waals surface area (Å²) in [5.41, 5.74) is 1.02. The van der Waals surface area contributed by atoms with Gasteiger partial charge in [-0.3, -0.25) is 4.79 Å². The number of amides is 1. The minimum Gasteiger partial charge on any atom is -0.495 e. The van der Waals surface area contributed by atoms with E-state index in [1.807, 2.05) is 42.5 Å². The van der Waals surface area contributed by atoms with Crippen molar-refractivity contribution in [1.29, 1.82) is 5.26 Å². The number of nitrogens with zero attached hydrogens (tertiary/aromatic N) is 1. The lowest BCUT2D eigenvalue weighted by atomic mass is 9.88. The fraction of sp³-hybridized carbons (Fsp3) is 0.300. The van der Waals surface area contributed by atoms with Crippen molar-refractivity contribution in [3.63, 3.8) is 0 Å². The first kappa shape index (κ1) is 18.8. The standard InChI is InChI=1S/C20H21ClN2O2/c1-20(2,13-22)23-19(24)12-16(14-7-5-4-6-8-14)15-9-10-18(25-3)17(21)11-15/h4-11,16H,12H2,1-3H3,(H,23,24). The zero-order chi connectivity index (χ0) is 18.4. The minimum absolute atomic E-state index is 0.168. The molecule has 2 aromatic rings. The molecule has 0 heterocycles. The van der Waals surface area contributed by atoms with Crippen LogP contribution in [0.25, 0.3) is 0 Å². The summed E-state index contributed by atoms with van der Waals surface area (Å²) in [6.45, 7) is 3.35. The molecular weight excluding hydrogens is 336 g/mol. The van der Waals surface area contributed by atoms with E-state index in [0.29, 0.717) is 10.8 Å². The first-order valence-electron chi connectivity index (χ1n) is 7.97. The monoisotopic (exact) mass is 356 g/mol. The molecule has 2 aromatic carbocycles. The molecule has 2 rings (SSSR count). The van der Waals surface area contributed by atoms with Crippen molar-refractivity contribution in [2.75, 3.05) is 7.11 Å². The van der Waals surface area contributed by atoms with Crippen molar-refractivity contribution in [3.8, 4) is 11.8 Å². The first-order chi connectivity index (χ1) is 11.9. The molecule has 4 nitrogen and oxygen atoms in total. The van der Waals surface area contributed by atoms with Crippen molar-refractivity contribution >= 4 is 17.5 Å². The van der Waals surface area contributed by atoms with E-state index in [1.54, 1.807) is 27.0 Å². The summed E-state index contributed by atoms with van der Waals surface area (Å²) in [6, 6.07) is 17.4. The molecule has 0 spiro atoms. The van der Waals surface area contributed by atoms with Gasteiger partial charge in [-0.1, -0.05) is 48.0 Å². The van der Waals surface area contributed by atoms with Crippen LogP contribution in [-0.2, 0) is 4.79 Å². The number of nitriles is 1. The van der Waals surface area contributed by atoms with Crippen LogP contribution in [0.15, 0.2) is 48.5 Å². The Bertz CT molecular complexity index is 782. The molecule has 0 aliphatic rings. The Labute approximate surface area is 153 Å². The predicted molar refractivity (Wildman–Crippen MR) is 98.7 cm³/mol. The Morgan fingerprint density at radius 2 is 1.92 bits per heavy atom. The summed E-state index contributed by atoms with van der Waals surface area (Å²) >= 11 is 6.26. The molecule has 1 amide bonds. The number of halogens is 1. The summed E-state index contributed by atoms with van der Waals surface area (Å²) in [5.74, 6) is 0.235. The number of benzene rings is 2. The molecule has 1 atom stereocenters. The van der Waals surface area contributed by atoms with Crippen molar-refractivity contribution in [2.24, 2.45) is 0 Å². The van der Waals surface area contributed by atoms with Crippen LogP contribution in [0, 0.1) is 11.3 Å². The maximum Gasteiger partial charge on any atom is 0.222 e. The van der Waals surface area contributed by atoms with Gasteiger partial charge in [-0.05, 0) is 37.1 Å². The van der Waals surface area contributed by atoms with E-state index in [1.165, 1.54) is 0 Å². The molecule has 1 N–H and O–H groups in total. The van der Waals surface area contributed by atoms with E-state index >= 15 is 0 Å². The third-order valence-electron chi connectivity index (χ3n) is 3.90. The molecule has 0 saturated carbocycles. The summed E-state index contributed by atoms with van der Waals surface area (Å²) in [4.78, 5) is 12.5. The second-order valence-electron chi connectivity index (χ2n) is 6.35. The number of methoxy groups -OCH3 is 1. The lowest BCUT2D eigenvalue weighted by molar-refractivity contribution is -0.122. The lowest BCUT2D eigenvalue weighted by Gasteiger charge is -2.22. The van der Waals surface area contributed by atoms with Gasteiger partial charge in [0, 0.05) is 12.3 Å². The number of nitrogens with one attached hydrogen (secondary N) is 1. The van der Waals surface area contributed by atoms with Gasteiger partial charge in [0.15, 0.2) is 0 Å². The van der Waals surface area contributed by atoms with Gasteiger partial charge in [0.1, 0.15) is 11.3 Å². The van der Waals surface area contributed by atoms with Crippen LogP contribution in [0.2, 0.25) is 5.02 Å². The second-order valence-corrected chi connectivity index (χ2v) is 6.75. The third kappa shape index (κ3) is 4.98. The smallest absolute Gasteiger partial charge is 0.222 e. The Morgan fingerprint density at radius 1 is 1.24 bits per heavy atom. The molecule has 0 aliphatic carbocycles. The molecule has 0 bridgehead atoms. The lowest BCUT2D eigenvalue weighted by Crippen LogP contribution is -2.42. The first-order valence-corrected chi connectivity index (χ1v) is 8.34. The average Bonchev–Trinajstić information content (AvgIpc) is 2.60. The fourth-order valence-corrected chi connectivity index (χ4v) is 2.89. The highest BCUT2D eigenvalue weighted by atomic mass is 35.5. The van der Waals surface area contributed by atoms with Crippen LogP contribution in [0.3, 0.4) is 0 Å². The molecule has 0 radical (unpaired) electrons. The van der Waals surface area contributed by atoms with Crippen molar-refractivity contribution in [2.45, 2.75) is 31.7 Å². The molecule has 5 heteroatoms. The Balaban J connectivity index is 2.33. The number of hydrogen-bond acceptors (Lipinski definition) is 3. The van der Waals surface area contributed by atoms with Gasteiger partial charge >= 0.3 is 0 Å². The highest BCUT2D eigenvalue weighted by molar-refractivity contribution is 6.32. The van der Waals surface area contributed by atoms with E-state index < -0.39 is 5.54 Å². The van der Waals surface area contributed by atoms with E-state index in [0.717, 1.165) is 11.1 Å². The van der Waals surface area contributed by atoms with E-state index in [4.69, 9.17) is 21.6 Å². The Kier molecular flexibility index (Phi) is 6.06. The number of carbonyl (C=O) groups is 1. The highest BCUT2D eigenvalue weighted by Crippen LogP contribution is 2.33. The van der Waals surface area contributed by atoms with Gasteiger partial charge in [-0.2, -0.15) is 5.26 Å². The normalized spacial score (nSPS) is 12.1. The van der Waals surface area contributed by atoms with Gasteiger partial charge in [-0.15, -0.1) is 0 Å². The largest absolute Gasteiger partial charge is 0.495 e. The van der Waals surface area contributed by atoms with Crippen molar-refractivity contribution < 1.29 is 9.53 Å². The van der Waals surface area contributed by atoms with E-state index in [2.05, 4.69) is 11.4 Å². The zero-order valence-corrected chi connectivity index (χ0v) is 15.3. The van der Waals surface area contributed by atoms with Crippen LogP contribution in [0.4, 0.5) is 0 Å². The van der Waals surface area contributed by atoms with Crippen LogP contribution in [0.1, 0.15) is 37.3 Å². The van der Waals surface area contributed by atoms with Gasteiger partial charge in [-0.25, -0.2) is 0 Å². The molecule has 1 unspecified atom stereocenters. The number of carbonyl (C=O) groups excluding carboxylic acids is 1. The maximum atomic E-state index is 12.5. The Morgan fingerprint density at radius 3 is 2.48 bits per heavy atom. The summed E-state index contributed by atoms with van der Waals surface area (Å²) < 4.78 is 5.20. The SMILES string of the molecule is COc1ccc(C(CC(=O)NC(C)(C)C#N)c2ccccc2)cc1Cl. The highest BCUT2D eigenvalue weighted by Gasteiger charge is 2.24.